The first-order valence-corrected chi connectivity index (χ1v) is 6.36. The zero-order chi connectivity index (χ0) is 12.1. The lowest BCUT2D eigenvalue weighted by atomic mass is 9.91. The molecule has 0 aromatic heterocycles. The van der Waals surface area contributed by atoms with Gasteiger partial charge in [-0.3, -0.25) is 0 Å². The van der Waals surface area contributed by atoms with Crippen molar-refractivity contribution >= 4 is 0 Å². The molecule has 17 heavy (non-hydrogen) atoms. The van der Waals surface area contributed by atoms with Crippen LogP contribution in [-0.4, -0.2) is 26.8 Å². The third-order valence-corrected chi connectivity index (χ3v) is 3.26. The van der Waals surface area contributed by atoms with Gasteiger partial charge in [-0.2, -0.15) is 0 Å². The molecule has 1 aromatic carbocycles. The number of nitrogens with one attached hydrogen (secondary N) is 1. The number of piperidine rings is 1. The second-order valence-electron chi connectivity index (χ2n) is 4.39. The summed E-state index contributed by atoms with van der Waals surface area (Å²) in [5.41, 5.74) is 1.34. The van der Waals surface area contributed by atoms with E-state index in [1.165, 1.54) is 18.4 Å². The number of benzene rings is 1. The summed E-state index contributed by atoms with van der Waals surface area (Å²) in [4.78, 5) is 0. The van der Waals surface area contributed by atoms with E-state index >= 15 is 0 Å². The van der Waals surface area contributed by atoms with Crippen LogP contribution in [0.3, 0.4) is 0 Å². The summed E-state index contributed by atoms with van der Waals surface area (Å²) in [6, 6.07) is 6.29. The van der Waals surface area contributed by atoms with Crippen molar-refractivity contribution in [2.24, 2.45) is 0 Å². The number of ether oxygens (including phenoxy) is 2. The predicted octanol–water partition coefficient (Wildman–Crippen LogP) is 2.56. The highest BCUT2D eigenvalue weighted by molar-refractivity contribution is 5.44. The monoisotopic (exact) mass is 235 g/mol. The summed E-state index contributed by atoms with van der Waals surface area (Å²) in [6.45, 7) is 4.86. The first-order valence-electron chi connectivity index (χ1n) is 6.36. The van der Waals surface area contributed by atoms with Crippen molar-refractivity contribution in [3.8, 4) is 11.5 Å². The molecule has 0 aliphatic carbocycles. The van der Waals surface area contributed by atoms with E-state index < -0.39 is 0 Å². The Bertz CT molecular complexity index is 359. The molecule has 1 N–H and O–H groups in total. The smallest absolute Gasteiger partial charge is 0.161 e. The number of rotatable bonds is 4. The minimum Gasteiger partial charge on any atom is -0.493 e. The fourth-order valence-corrected chi connectivity index (χ4v) is 2.35. The number of hydrogen-bond acceptors (Lipinski definition) is 3. The van der Waals surface area contributed by atoms with Gasteiger partial charge in [-0.05, 0) is 49.9 Å². The molecule has 1 saturated heterocycles. The van der Waals surface area contributed by atoms with E-state index in [0.29, 0.717) is 12.5 Å². The number of hydrogen-bond donors (Lipinski definition) is 1. The molecule has 1 heterocycles. The van der Waals surface area contributed by atoms with E-state index in [4.69, 9.17) is 9.47 Å². The van der Waals surface area contributed by atoms with E-state index in [2.05, 4.69) is 17.4 Å². The molecule has 3 nitrogen and oxygen atoms in total. The Morgan fingerprint density at radius 1 is 1.35 bits per heavy atom. The molecule has 0 bridgehead atoms. The third kappa shape index (κ3) is 2.91. The summed E-state index contributed by atoms with van der Waals surface area (Å²) in [5, 5.41) is 3.44. The summed E-state index contributed by atoms with van der Waals surface area (Å²) in [7, 11) is 1.70. The second kappa shape index (κ2) is 5.92. The van der Waals surface area contributed by atoms with Crippen LogP contribution in [0.1, 0.15) is 31.2 Å². The van der Waals surface area contributed by atoms with Crippen LogP contribution in [-0.2, 0) is 0 Å². The highest BCUT2D eigenvalue weighted by atomic mass is 16.5. The molecule has 0 saturated carbocycles. The Labute approximate surface area is 103 Å². The maximum absolute atomic E-state index is 5.53. The maximum Gasteiger partial charge on any atom is 0.161 e. The van der Waals surface area contributed by atoms with Gasteiger partial charge in [-0.25, -0.2) is 0 Å². The molecule has 1 unspecified atom stereocenters. The molecular formula is C14H21NO2. The second-order valence-corrected chi connectivity index (χ2v) is 4.39. The largest absolute Gasteiger partial charge is 0.493 e. The van der Waals surface area contributed by atoms with Crippen molar-refractivity contribution in [2.45, 2.75) is 25.7 Å². The summed E-state index contributed by atoms with van der Waals surface area (Å²) in [5.74, 6) is 2.28. The summed E-state index contributed by atoms with van der Waals surface area (Å²) in [6.07, 6.45) is 2.50. The van der Waals surface area contributed by atoms with Crippen LogP contribution in [0.2, 0.25) is 0 Å². The molecule has 1 aromatic rings. The molecule has 1 aliphatic heterocycles. The molecule has 94 valence electrons. The Hall–Kier alpha value is -1.22. The summed E-state index contributed by atoms with van der Waals surface area (Å²) < 4.78 is 10.9. The van der Waals surface area contributed by atoms with Crippen LogP contribution < -0.4 is 14.8 Å². The van der Waals surface area contributed by atoms with Crippen molar-refractivity contribution in [1.82, 2.24) is 5.32 Å². The van der Waals surface area contributed by atoms with E-state index in [1.807, 2.05) is 13.0 Å². The molecule has 1 fully saturated rings. The van der Waals surface area contributed by atoms with Crippen molar-refractivity contribution < 1.29 is 9.47 Å². The zero-order valence-corrected chi connectivity index (χ0v) is 10.7. The fraction of sp³-hybridized carbons (Fsp3) is 0.571. The zero-order valence-electron chi connectivity index (χ0n) is 10.7. The Balaban J connectivity index is 2.17. The average molecular weight is 235 g/mol. The lowest BCUT2D eigenvalue weighted by molar-refractivity contribution is 0.310. The van der Waals surface area contributed by atoms with Gasteiger partial charge in [0.25, 0.3) is 0 Å². The van der Waals surface area contributed by atoms with E-state index in [-0.39, 0.29) is 0 Å². The molecule has 1 aliphatic rings. The van der Waals surface area contributed by atoms with Gasteiger partial charge in [0.2, 0.25) is 0 Å². The Kier molecular flexibility index (Phi) is 4.26. The van der Waals surface area contributed by atoms with Crippen LogP contribution >= 0.6 is 0 Å². The molecule has 0 radical (unpaired) electrons. The average Bonchev–Trinajstić information content (AvgIpc) is 2.40. The van der Waals surface area contributed by atoms with Crippen molar-refractivity contribution in [1.29, 1.82) is 0 Å². The highest BCUT2D eigenvalue weighted by Gasteiger charge is 2.16. The maximum atomic E-state index is 5.53. The van der Waals surface area contributed by atoms with Gasteiger partial charge in [-0.15, -0.1) is 0 Å². The normalized spacial score (nSPS) is 20.0. The van der Waals surface area contributed by atoms with E-state index in [1.54, 1.807) is 7.11 Å². The predicted molar refractivity (Wildman–Crippen MR) is 69.0 cm³/mol. The van der Waals surface area contributed by atoms with Crippen molar-refractivity contribution in [3.05, 3.63) is 23.8 Å². The molecule has 0 amide bonds. The van der Waals surface area contributed by atoms with Crippen LogP contribution in [0.25, 0.3) is 0 Å². The highest BCUT2D eigenvalue weighted by Crippen LogP contribution is 2.32. The molecule has 3 heteroatoms. The minimum absolute atomic E-state index is 0.605. The molecule has 1 atom stereocenters. The Morgan fingerprint density at radius 3 is 2.88 bits per heavy atom. The van der Waals surface area contributed by atoms with Gasteiger partial charge in [0.05, 0.1) is 13.7 Å². The standard InChI is InChI=1S/C14H21NO2/c1-3-17-13-7-6-11(9-14(13)16-2)12-5-4-8-15-10-12/h6-7,9,12,15H,3-5,8,10H2,1-2H3. The van der Waals surface area contributed by atoms with E-state index in [9.17, 15) is 0 Å². The molecule has 2 rings (SSSR count). The van der Waals surface area contributed by atoms with Gasteiger partial charge >= 0.3 is 0 Å². The van der Waals surface area contributed by atoms with Crippen LogP contribution in [0.15, 0.2) is 18.2 Å². The molecule has 0 spiro atoms. The van der Waals surface area contributed by atoms with Crippen LogP contribution in [0, 0.1) is 0 Å². The van der Waals surface area contributed by atoms with Crippen molar-refractivity contribution in [3.63, 3.8) is 0 Å². The van der Waals surface area contributed by atoms with E-state index in [0.717, 1.165) is 24.6 Å². The van der Waals surface area contributed by atoms with Crippen molar-refractivity contribution in [2.75, 3.05) is 26.8 Å². The van der Waals surface area contributed by atoms with Gasteiger partial charge in [-0.1, -0.05) is 6.07 Å². The minimum atomic E-state index is 0.605. The third-order valence-electron chi connectivity index (χ3n) is 3.26. The first-order chi connectivity index (χ1) is 8.35. The SMILES string of the molecule is CCOc1ccc(C2CCCNC2)cc1OC. The lowest BCUT2D eigenvalue weighted by Gasteiger charge is -2.23. The first kappa shape index (κ1) is 12.2. The van der Waals surface area contributed by atoms with Gasteiger partial charge in [0, 0.05) is 6.54 Å². The molecular weight excluding hydrogens is 214 g/mol. The van der Waals surface area contributed by atoms with Gasteiger partial charge in [0.15, 0.2) is 11.5 Å². The lowest BCUT2D eigenvalue weighted by Crippen LogP contribution is -2.28. The van der Waals surface area contributed by atoms with Gasteiger partial charge < -0.3 is 14.8 Å². The number of methoxy groups -OCH3 is 1. The van der Waals surface area contributed by atoms with Crippen LogP contribution in [0.4, 0.5) is 0 Å². The fourth-order valence-electron chi connectivity index (χ4n) is 2.35. The summed E-state index contributed by atoms with van der Waals surface area (Å²) >= 11 is 0. The van der Waals surface area contributed by atoms with Gasteiger partial charge in [0.1, 0.15) is 0 Å². The Morgan fingerprint density at radius 2 is 2.24 bits per heavy atom. The quantitative estimate of drug-likeness (QED) is 0.870. The topological polar surface area (TPSA) is 30.5 Å². The van der Waals surface area contributed by atoms with Crippen LogP contribution in [0.5, 0.6) is 11.5 Å².